The maximum atomic E-state index is 12.1. The molecule has 0 aromatic carbocycles. The lowest BCUT2D eigenvalue weighted by molar-refractivity contribution is -0.151. The highest BCUT2D eigenvalue weighted by molar-refractivity contribution is 6.53. The number of amides is 2. The summed E-state index contributed by atoms with van der Waals surface area (Å²) in [6.45, 7) is 7.33. The van der Waals surface area contributed by atoms with Crippen LogP contribution in [0.3, 0.4) is 0 Å². The van der Waals surface area contributed by atoms with Gasteiger partial charge in [0, 0.05) is 30.8 Å². The monoisotopic (exact) mass is 292 g/mol. The van der Waals surface area contributed by atoms with Gasteiger partial charge in [-0.3, -0.25) is 9.59 Å². The van der Waals surface area contributed by atoms with Crippen LogP contribution in [-0.2, 0) is 9.59 Å². The Morgan fingerprint density at radius 2 is 2.00 bits per heavy atom. The zero-order valence-electron chi connectivity index (χ0n) is 10.8. The summed E-state index contributed by atoms with van der Waals surface area (Å²) in [6, 6.07) is 0. The zero-order chi connectivity index (χ0) is 13.7. The molecule has 0 radical (unpaired) electrons. The first kappa shape index (κ1) is 13.9. The molecular formula is C12H18Cl2N2O2. The normalized spacial score (nSPS) is 30.9. The second-order valence-electron chi connectivity index (χ2n) is 6.05. The SMILES string of the molecule is CC1CC(=O)N2CC(C)(C)CN(C(=O)C(Cl)Cl)C12. The van der Waals surface area contributed by atoms with Crippen LogP contribution in [0.4, 0.5) is 0 Å². The van der Waals surface area contributed by atoms with Gasteiger partial charge < -0.3 is 9.80 Å². The van der Waals surface area contributed by atoms with E-state index >= 15 is 0 Å². The molecule has 2 unspecified atom stereocenters. The molecule has 2 rings (SSSR count). The van der Waals surface area contributed by atoms with Crippen LogP contribution in [-0.4, -0.2) is 45.7 Å². The van der Waals surface area contributed by atoms with Crippen molar-refractivity contribution in [1.29, 1.82) is 0 Å². The topological polar surface area (TPSA) is 40.6 Å². The van der Waals surface area contributed by atoms with Crippen LogP contribution in [0.5, 0.6) is 0 Å². The predicted octanol–water partition coefficient (Wildman–Crippen LogP) is 1.85. The van der Waals surface area contributed by atoms with Gasteiger partial charge >= 0.3 is 0 Å². The molecule has 2 heterocycles. The maximum absolute atomic E-state index is 12.1. The number of hydrogen-bond acceptors (Lipinski definition) is 2. The third-order valence-electron chi connectivity index (χ3n) is 3.63. The minimum Gasteiger partial charge on any atom is -0.321 e. The van der Waals surface area contributed by atoms with Crippen LogP contribution in [0, 0.1) is 11.3 Å². The van der Waals surface area contributed by atoms with Gasteiger partial charge in [0.1, 0.15) is 6.17 Å². The number of carbonyl (C=O) groups is 2. The van der Waals surface area contributed by atoms with Gasteiger partial charge in [0.15, 0.2) is 4.84 Å². The Morgan fingerprint density at radius 3 is 2.56 bits per heavy atom. The summed E-state index contributed by atoms with van der Waals surface area (Å²) in [5.41, 5.74) is -0.130. The standard InChI is InChI=1S/C12H18Cl2N2O2/c1-7-4-8(17)15-5-12(2,3)6-16(10(7)15)11(18)9(13)14/h7,9-10H,4-6H2,1-3H3. The van der Waals surface area contributed by atoms with E-state index in [1.165, 1.54) is 0 Å². The summed E-state index contributed by atoms with van der Waals surface area (Å²) in [5, 5.41) is 0. The van der Waals surface area contributed by atoms with E-state index in [1.54, 1.807) is 9.80 Å². The Hall–Kier alpha value is -0.480. The number of alkyl halides is 2. The molecule has 4 nitrogen and oxygen atoms in total. The highest BCUT2D eigenvalue weighted by Crippen LogP contribution is 2.37. The summed E-state index contributed by atoms with van der Waals surface area (Å²) in [7, 11) is 0. The van der Waals surface area contributed by atoms with E-state index in [0.29, 0.717) is 19.5 Å². The first-order chi connectivity index (χ1) is 8.23. The highest BCUT2D eigenvalue weighted by Gasteiger charge is 2.49. The Balaban J connectivity index is 2.32. The van der Waals surface area contributed by atoms with Gasteiger partial charge in [0.05, 0.1) is 0 Å². The number of fused-ring (bicyclic) bond motifs is 1. The quantitative estimate of drug-likeness (QED) is 0.692. The third kappa shape index (κ3) is 2.32. The van der Waals surface area contributed by atoms with Crippen molar-refractivity contribution in [2.45, 2.75) is 38.2 Å². The van der Waals surface area contributed by atoms with E-state index in [1.807, 2.05) is 20.8 Å². The van der Waals surface area contributed by atoms with Crippen LogP contribution >= 0.6 is 23.2 Å². The highest BCUT2D eigenvalue weighted by atomic mass is 35.5. The Kier molecular flexibility index (Phi) is 3.54. The fourth-order valence-corrected chi connectivity index (χ4v) is 3.26. The Morgan fingerprint density at radius 1 is 1.39 bits per heavy atom. The molecule has 0 N–H and O–H groups in total. The number of carbonyl (C=O) groups excluding carboxylic acids is 2. The van der Waals surface area contributed by atoms with Crippen molar-refractivity contribution >= 4 is 35.0 Å². The third-order valence-corrected chi connectivity index (χ3v) is 4.00. The molecule has 0 saturated carbocycles. The van der Waals surface area contributed by atoms with E-state index in [2.05, 4.69) is 0 Å². The largest absolute Gasteiger partial charge is 0.321 e. The van der Waals surface area contributed by atoms with Crippen LogP contribution < -0.4 is 0 Å². The van der Waals surface area contributed by atoms with Crippen LogP contribution in [0.1, 0.15) is 27.2 Å². The fraction of sp³-hybridized carbons (Fsp3) is 0.833. The molecule has 2 saturated heterocycles. The average molecular weight is 293 g/mol. The van der Waals surface area contributed by atoms with Crippen molar-refractivity contribution in [3.05, 3.63) is 0 Å². The molecule has 6 heteroatoms. The summed E-state index contributed by atoms with van der Waals surface area (Å²) in [4.78, 5) is 26.5. The lowest BCUT2D eigenvalue weighted by Gasteiger charge is -2.48. The molecule has 0 aromatic heterocycles. The van der Waals surface area contributed by atoms with Crippen LogP contribution in [0.25, 0.3) is 0 Å². The molecule has 2 aliphatic heterocycles. The molecule has 18 heavy (non-hydrogen) atoms. The van der Waals surface area contributed by atoms with Gasteiger partial charge in [-0.05, 0) is 0 Å². The second kappa shape index (κ2) is 4.57. The first-order valence-electron chi connectivity index (χ1n) is 6.11. The number of halogens is 2. The van der Waals surface area contributed by atoms with Gasteiger partial charge in [-0.2, -0.15) is 0 Å². The van der Waals surface area contributed by atoms with Crippen molar-refractivity contribution in [1.82, 2.24) is 9.80 Å². The summed E-state index contributed by atoms with van der Waals surface area (Å²) >= 11 is 11.4. The summed E-state index contributed by atoms with van der Waals surface area (Å²) < 4.78 is 0. The predicted molar refractivity (Wildman–Crippen MR) is 70.3 cm³/mol. The molecule has 2 atom stereocenters. The minimum absolute atomic E-state index is 0.110. The molecule has 2 aliphatic rings. The van der Waals surface area contributed by atoms with E-state index < -0.39 is 4.84 Å². The Labute approximate surface area is 117 Å². The maximum Gasteiger partial charge on any atom is 0.257 e. The molecule has 0 aliphatic carbocycles. The second-order valence-corrected chi connectivity index (χ2v) is 7.14. The van der Waals surface area contributed by atoms with E-state index in [4.69, 9.17) is 23.2 Å². The summed E-state index contributed by atoms with van der Waals surface area (Å²) in [6.07, 6.45) is 0.303. The van der Waals surface area contributed by atoms with E-state index in [9.17, 15) is 9.59 Å². The zero-order valence-corrected chi connectivity index (χ0v) is 12.3. The van der Waals surface area contributed by atoms with Gasteiger partial charge in [0.25, 0.3) is 5.91 Å². The van der Waals surface area contributed by atoms with Gasteiger partial charge in [0.2, 0.25) is 5.91 Å². The van der Waals surface area contributed by atoms with Crippen LogP contribution in [0.2, 0.25) is 0 Å². The van der Waals surface area contributed by atoms with Crippen molar-refractivity contribution in [3.8, 4) is 0 Å². The lowest BCUT2D eigenvalue weighted by atomic mass is 9.88. The van der Waals surface area contributed by atoms with Crippen molar-refractivity contribution in [2.24, 2.45) is 11.3 Å². The number of hydrogen-bond donors (Lipinski definition) is 0. The van der Waals surface area contributed by atoms with Gasteiger partial charge in [-0.25, -0.2) is 0 Å². The number of rotatable bonds is 1. The fourth-order valence-electron chi connectivity index (χ4n) is 3.01. The molecule has 0 spiro atoms. The smallest absolute Gasteiger partial charge is 0.257 e. The van der Waals surface area contributed by atoms with Crippen LogP contribution in [0.15, 0.2) is 0 Å². The average Bonchev–Trinajstić information content (AvgIpc) is 2.50. The molecule has 0 aromatic rings. The van der Waals surface area contributed by atoms with Crippen molar-refractivity contribution < 1.29 is 9.59 Å². The van der Waals surface area contributed by atoms with Crippen molar-refractivity contribution in [2.75, 3.05) is 13.1 Å². The Bertz CT molecular complexity index is 384. The number of nitrogens with zero attached hydrogens (tertiary/aromatic N) is 2. The van der Waals surface area contributed by atoms with E-state index in [-0.39, 0.29) is 29.3 Å². The molecule has 2 fully saturated rings. The molecule has 2 amide bonds. The minimum atomic E-state index is -1.07. The molecule has 102 valence electrons. The molecule has 0 bridgehead atoms. The van der Waals surface area contributed by atoms with E-state index in [0.717, 1.165) is 0 Å². The summed E-state index contributed by atoms with van der Waals surface area (Å²) in [5.74, 6) is -0.0638. The van der Waals surface area contributed by atoms with Gasteiger partial charge in [-0.1, -0.05) is 44.0 Å². The molecular weight excluding hydrogens is 275 g/mol. The first-order valence-corrected chi connectivity index (χ1v) is 6.98. The lowest BCUT2D eigenvalue weighted by Crippen LogP contribution is -2.62. The van der Waals surface area contributed by atoms with Gasteiger partial charge in [-0.15, -0.1) is 0 Å². The van der Waals surface area contributed by atoms with Crippen molar-refractivity contribution in [3.63, 3.8) is 0 Å².